The minimum Gasteiger partial charge on any atom is -0.266 e. The van der Waals surface area contributed by atoms with E-state index in [1.807, 2.05) is 12.1 Å². The van der Waals surface area contributed by atoms with Crippen molar-refractivity contribution in [3.8, 4) is 0 Å². The minimum absolute atomic E-state index is 0.447. The Balaban J connectivity index is 2.40. The fourth-order valence-corrected chi connectivity index (χ4v) is 2.71. The molecule has 1 unspecified atom stereocenters. The third-order valence-electron chi connectivity index (χ3n) is 2.46. The van der Waals surface area contributed by atoms with Crippen LogP contribution in [0.1, 0.15) is 10.4 Å². The molecule has 0 bridgehead atoms. The first-order valence-electron chi connectivity index (χ1n) is 5.46. The van der Waals surface area contributed by atoms with Crippen LogP contribution < -0.4 is 0 Å². The molecule has 0 aliphatic rings. The summed E-state index contributed by atoms with van der Waals surface area (Å²) in [5.74, 6) is -0.452. The lowest BCUT2D eigenvalue weighted by molar-refractivity contribution is 0.100. The monoisotopic (exact) mass is 259 g/mol. The van der Waals surface area contributed by atoms with E-state index in [2.05, 4.69) is 4.36 Å². The van der Waals surface area contributed by atoms with E-state index < -0.39 is 15.6 Å². The predicted molar refractivity (Wildman–Crippen MR) is 72.0 cm³/mol. The van der Waals surface area contributed by atoms with E-state index in [1.54, 1.807) is 48.5 Å². The molecule has 1 atom stereocenters. The van der Waals surface area contributed by atoms with E-state index in [-0.39, 0.29) is 0 Å². The molecule has 0 saturated heterocycles. The zero-order valence-corrected chi connectivity index (χ0v) is 10.8. The molecule has 0 radical (unpaired) electrons. The maximum absolute atomic E-state index is 12.4. The highest BCUT2D eigenvalue weighted by molar-refractivity contribution is 7.93. The van der Waals surface area contributed by atoms with Gasteiger partial charge in [-0.25, -0.2) is 4.21 Å². The minimum atomic E-state index is -2.68. The van der Waals surface area contributed by atoms with E-state index >= 15 is 0 Å². The summed E-state index contributed by atoms with van der Waals surface area (Å²) in [5.41, 5.74) is 0.447. The summed E-state index contributed by atoms with van der Waals surface area (Å²) in [6.07, 6.45) is 1.48. The third-order valence-corrected chi connectivity index (χ3v) is 4.12. The molecule has 2 aromatic rings. The van der Waals surface area contributed by atoms with Crippen LogP contribution in [0.2, 0.25) is 0 Å². The van der Waals surface area contributed by atoms with Gasteiger partial charge >= 0.3 is 0 Å². The van der Waals surface area contributed by atoms with Crippen LogP contribution in [0.3, 0.4) is 0 Å². The Labute approximate surface area is 107 Å². The van der Waals surface area contributed by atoms with Crippen LogP contribution in [0.15, 0.2) is 69.9 Å². The lowest BCUT2D eigenvalue weighted by atomic mass is 10.2. The van der Waals surface area contributed by atoms with Crippen molar-refractivity contribution in [2.24, 2.45) is 4.36 Å². The first kappa shape index (κ1) is 12.5. The van der Waals surface area contributed by atoms with E-state index in [9.17, 15) is 9.00 Å². The molecule has 0 fully saturated rings. The molecule has 2 aromatic carbocycles. The molecular formula is C14H13NO2S. The van der Waals surface area contributed by atoms with Gasteiger partial charge in [0.05, 0.1) is 9.73 Å². The van der Waals surface area contributed by atoms with Crippen molar-refractivity contribution in [3.05, 3.63) is 66.2 Å². The normalized spacial score (nSPS) is 13.6. The predicted octanol–water partition coefficient (Wildman–Crippen LogP) is 2.98. The molecule has 0 aliphatic carbocycles. The molecule has 18 heavy (non-hydrogen) atoms. The zero-order valence-electron chi connectivity index (χ0n) is 9.95. The fourth-order valence-electron chi connectivity index (χ4n) is 1.52. The standard InChI is InChI=1S/C14H13NO2S/c1-18(17,13-10-6-3-7-11-13)15-14(16)12-8-4-2-5-9-12/h2-11H,1H3. The largest absolute Gasteiger partial charge is 0.285 e. The van der Waals surface area contributed by atoms with Gasteiger partial charge in [-0.05, 0) is 24.3 Å². The first-order valence-corrected chi connectivity index (χ1v) is 7.38. The summed E-state index contributed by atoms with van der Waals surface area (Å²) in [6.45, 7) is 0. The number of benzene rings is 2. The number of amides is 1. The maximum Gasteiger partial charge on any atom is 0.285 e. The molecule has 0 saturated carbocycles. The number of carbonyl (C=O) groups excluding carboxylic acids is 1. The van der Waals surface area contributed by atoms with Crippen molar-refractivity contribution in [1.82, 2.24) is 0 Å². The van der Waals surface area contributed by atoms with Gasteiger partial charge in [0.15, 0.2) is 0 Å². The van der Waals surface area contributed by atoms with E-state index in [1.165, 1.54) is 6.26 Å². The molecule has 0 aliphatic heterocycles. The Kier molecular flexibility index (Phi) is 3.58. The lowest BCUT2D eigenvalue weighted by Crippen LogP contribution is -2.03. The Hall–Kier alpha value is -1.94. The number of carbonyl (C=O) groups is 1. The Morgan fingerprint density at radius 3 is 2.00 bits per heavy atom. The summed E-state index contributed by atoms with van der Waals surface area (Å²) < 4.78 is 16.2. The van der Waals surface area contributed by atoms with Gasteiger partial charge in [-0.3, -0.25) is 4.79 Å². The smallest absolute Gasteiger partial charge is 0.266 e. The number of hydrogen-bond acceptors (Lipinski definition) is 2. The van der Waals surface area contributed by atoms with E-state index in [4.69, 9.17) is 0 Å². The second kappa shape index (κ2) is 5.14. The first-order chi connectivity index (χ1) is 8.59. The summed E-state index contributed by atoms with van der Waals surface area (Å²) in [6, 6.07) is 17.5. The van der Waals surface area contributed by atoms with Crippen molar-refractivity contribution < 1.29 is 9.00 Å². The van der Waals surface area contributed by atoms with Crippen molar-refractivity contribution in [3.63, 3.8) is 0 Å². The molecule has 4 heteroatoms. The molecule has 2 rings (SSSR count). The molecule has 3 nitrogen and oxygen atoms in total. The quantitative estimate of drug-likeness (QED) is 0.832. The van der Waals surface area contributed by atoms with Crippen molar-refractivity contribution in [2.75, 3.05) is 6.26 Å². The van der Waals surface area contributed by atoms with Crippen molar-refractivity contribution in [1.29, 1.82) is 0 Å². The SMILES string of the molecule is CS(=O)(=NC(=O)c1ccccc1)c1ccccc1. The highest BCUT2D eigenvalue weighted by atomic mass is 32.2. The summed E-state index contributed by atoms with van der Waals surface area (Å²) in [4.78, 5) is 12.5. The van der Waals surface area contributed by atoms with Gasteiger partial charge in [0.2, 0.25) is 0 Å². The highest BCUT2D eigenvalue weighted by Crippen LogP contribution is 2.12. The zero-order chi connectivity index (χ0) is 13.0. The van der Waals surface area contributed by atoms with Crippen LogP contribution in [0.4, 0.5) is 0 Å². The van der Waals surface area contributed by atoms with Crippen LogP contribution in [-0.4, -0.2) is 16.4 Å². The molecule has 0 heterocycles. The maximum atomic E-state index is 12.4. The van der Waals surface area contributed by atoms with Gasteiger partial charge in [-0.1, -0.05) is 36.4 Å². The Bertz CT molecular complexity index is 657. The van der Waals surface area contributed by atoms with Gasteiger partial charge < -0.3 is 0 Å². The van der Waals surface area contributed by atoms with Crippen LogP contribution in [0, 0.1) is 0 Å². The average molecular weight is 259 g/mol. The summed E-state index contributed by atoms with van der Waals surface area (Å²) in [7, 11) is -2.68. The Morgan fingerprint density at radius 2 is 1.44 bits per heavy atom. The molecule has 0 spiro atoms. The topological polar surface area (TPSA) is 46.5 Å². The van der Waals surface area contributed by atoms with Crippen LogP contribution in [-0.2, 0) is 9.73 Å². The lowest BCUT2D eigenvalue weighted by Gasteiger charge is -2.03. The van der Waals surface area contributed by atoms with Crippen LogP contribution >= 0.6 is 0 Å². The van der Waals surface area contributed by atoms with Gasteiger partial charge in [0.1, 0.15) is 0 Å². The number of rotatable bonds is 2. The number of hydrogen-bond donors (Lipinski definition) is 0. The van der Waals surface area contributed by atoms with Crippen LogP contribution in [0.25, 0.3) is 0 Å². The molecule has 92 valence electrons. The van der Waals surface area contributed by atoms with Gasteiger partial charge in [0.25, 0.3) is 5.91 Å². The molecular weight excluding hydrogens is 246 g/mol. The van der Waals surface area contributed by atoms with Gasteiger partial charge in [0, 0.05) is 16.7 Å². The van der Waals surface area contributed by atoms with Crippen LogP contribution in [0.5, 0.6) is 0 Å². The second-order valence-corrected chi connectivity index (χ2v) is 6.14. The fraction of sp³-hybridized carbons (Fsp3) is 0.0714. The van der Waals surface area contributed by atoms with Crippen molar-refractivity contribution >= 4 is 15.6 Å². The summed E-state index contributed by atoms with van der Waals surface area (Å²) in [5, 5.41) is 0. The van der Waals surface area contributed by atoms with Gasteiger partial charge in [-0.2, -0.15) is 4.36 Å². The Morgan fingerprint density at radius 1 is 0.944 bits per heavy atom. The third kappa shape index (κ3) is 2.84. The van der Waals surface area contributed by atoms with E-state index in [0.717, 1.165) is 0 Å². The van der Waals surface area contributed by atoms with E-state index in [0.29, 0.717) is 10.5 Å². The van der Waals surface area contributed by atoms with Gasteiger partial charge in [-0.15, -0.1) is 0 Å². The summed E-state index contributed by atoms with van der Waals surface area (Å²) >= 11 is 0. The highest BCUT2D eigenvalue weighted by Gasteiger charge is 2.10. The second-order valence-electron chi connectivity index (χ2n) is 3.88. The number of nitrogens with zero attached hydrogens (tertiary/aromatic N) is 1. The average Bonchev–Trinajstić information content (AvgIpc) is 2.40. The molecule has 1 amide bonds. The molecule has 0 aromatic heterocycles. The van der Waals surface area contributed by atoms with Crippen molar-refractivity contribution in [2.45, 2.75) is 4.90 Å². The molecule has 0 N–H and O–H groups in total.